The Bertz CT molecular complexity index is 226. The van der Waals surface area contributed by atoms with Crippen molar-refractivity contribution in [3.05, 3.63) is 0 Å². The van der Waals surface area contributed by atoms with Crippen LogP contribution in [0.5, 0.6) is 0 Å². The molecule has 1 aliphatic heterocycles. The molecule has 0 amide bonds. The normalized spacial score (nSPS) is 25.9. The van der Waals surface area contributed by atoms with Crippen molar-refractivity contribution in [3.63, 3.8) is 0 Å². The zero-order chi connectivity index (χ0) is 7.99. The van der Waals surface area contributed by atoms with Crippen molar-refractivity contribution < 1.29 is 8.42 Å². The maximum absolute atomic E-state index is 11.1. The van der Waals surface area contributed by atoms with Gasteiger partial charge in [0, 0.05) is 19.3 Å². The van der Waals surface area contributed by atoms with Crippen LogP contribution >= 0.6 is 0 Å². The molecule has 0 atom stereocenters. The van der Waals surface area contributed by atoms with E-state index >= 15 is 0 Å². The van der Waals surface area contributed by atoms with E-state index in [9.17, 15) is 8.42 Å². The van der Waals surface area contributed by atoms with E-state index in [1.54, 1.807) is 6.92 Å². The van der Waals surface area contributed by atoms with Crippen LogP contribution in [0, 0.1) is 0 Å². The fourth-order valence-electron chi connectivity index (χ4n) is 1.33. The van der Waals surface area contributed by atoms with Gasteiger partial charge in [0.05, 0.1) is 4.75 Å². The fraction of sp³-hybridized carbons (Fsp3) is 1.00. The highest BCUT2D eigenvalue weighted by Gasteiger charge is 2.45. The Labute approximate surface area is 61.9 Å². The molecule has 0 aromatic rings. The quantitative estimate of drug-likeness (QED) is 0.534. The van der Waals surface area contributed by atoms with Gasteiger partial charge in [0.1, 0.15) is 0 Å². The standard InChI is InChI=1S/C6H13NO2S/c1-6(10(3,8)9)4-7(2)5-6/h4-5H2,1-3H3. The molecule has 1 fully saturated rings. The van der Waals surface area contributed by atoms with Gasteiger partial charge in [0.2, 0.25) is 0 Å². The highest BCUT2D eigenvalue weighted by Crippen LogP contribution is 2.26. The van der Waals surface area contributed by atoms with Gasteiger partial charge in [0.15, 0.2) is 9.84 Å². The van der Waals surface area contributed by atoms with Gasteiger partial charge in [-0.25, -0.2) is 8.42 Å². The second-order valence-electron chi connectivity index (χ2n) is 3.39. The molecule has 0 N–H and O–H groups in total. The molecule has 0 saturated carbocycles. The lowest BCUT2D eigenvalue weighted by atomic mass is 10.0. The second kappa shape index (κ2) is 1.95. The zero-order valence-corrected chi connectivity index (χ0v) is 7.40. The molecule has 60 valence electrons. The van der Waals surface area contributed by atoms with Gasteiger partial charge in [-0.15, -0.1) is 0 Å². The molecule has 0 aromatic carbocycles. The first kappa shape index (κ1) is 8.01. The Balaban J connectivity index is 2.76. The molecule has 1 saturated heterocycles. The third-order valence-corrected chi connectivity index (χ3v) is 4.15. The van der Waals surface area contributed by atoms with Crippen LogP contribution in [-0.4, -0.2) is 44.5 Å². The van der Waals surface area contributed by atoms with E-state index in [-0.39, 0.29) is 0 Å². The van der Waals surface area contributed by atoms with Crippen molar-refractivity contribution in [2.24, 2.45) is 0 Å². The summed E-state index contributed by atoms with van der Waals surface area (Å²) in [6.07, 6.45) is 1.31. The van der Waals surface area contributed by atoms with Crippen LogP contribution in [0.25, 0.3) is 0 Å². The molecule has 10 heavy (non-hydrogen) atoms. The van der Waals surface area contributed by atoms with Crippen molar-refractivity contribution >= 4 is 9.84 Å². The average molecular weight is 163 g/mol. The number of nitrogens with zero attached hydrogens (tertiary/aromatic N) is 1. The molecule has 0 aromatic heterocycles. The minimum Gasteiger partial charge on any atom is -0.303 e. The summed E-state index contributed by atoms with van der Waals surface area (Å²) in [6, 6.07) is 0. The van der Waals surface area contributed by atoms with Crippen LogP contribution in [0.3, 0.4) is 0 Å². The van der Waals surface area contributed by atoms with Crippen molar-refractivity contribution in [3.8, 4) is 0 Å². The van der Waals surface area contributed by atoms with Crippen LogP contribution in [0.15, 0.2) is 0 Å². The summed E-state index contributed by atoms with van der Waals surface area (Å²) >= 11 is 0. The summed E-state index contributed by atoms with van der Waals surface area (Å²) in [7, 11) is -0.917. The SMILES string of the molecule is CN1CC(C)(S(C)(=O)=O)C1. The Kier molecular flexibility index (Phi) is 1.56. The molecule has 1 rings (SSSR count). The molecule has 3 nitrogen and oxygen atoms in total. The number of hydrogen-bond donors (Lipinski definition) is 0. The van der Waals surface area contributed by atoms with Crippen molar-refractivity contribution in [1.82, 2.24) is 4.90 Å². The van der Waals surface area contributed by atoms with Gasteiger partial charge in [-0.3, -0.25) is 0 Å². The van der Waals surface area contributed by atoms with Gasteiger partial charge < -0.3 is 4.90 Å². The second-order valence-corrected chi connectivity index (χ2v) is 5.92. The van der Waals surface area contributed by atoms with Gasteiger partial charge in [-0.1, -0.05) is 0 Å². The predicted molar refractivity (Wildman–Crippen MR) is 40.7 cm³/mol. The van der Waals surface area contributed by atoms with Gasteiger partial charge in [-0.05, 0) is 14.0 Å². The largest absolute Gasteiger partial charge is 0.303 e. The first-order valence-electron chi connectivity index (χ1n) is 3.23. The molecular formula is C6H13NO2S. The first-order valence-corrected chi connectivity index (χ1v) is 5.12. The predicted octanol–water partition coefficient (Wildman–Crippen LogP) is -0.265. The van der Waals surface area contributed by atoms with E-state index in [0.717, 1.165) is 0 Å². The molecule has 1 heterocycles. The summed E-state index contributed by atoms with van der Waals surface area (Å²) in [5.74, 6) is 0. The third kappa shape index (κ3) is 1.06. The molecule has 1 aliphatic rings. The van der Waals surface area contributed by atoms with Gasteiger partial charge in [-0.2, -0.15) is 0 Å². The number of sulfone groups is 1. The van der Waals surface area contributed by atoms with Crippen LogP contribution in [0.4, 0.5) is 0 Å². The van der Waals surface area contributed by atoms with E-state index in [4.69, 9.17) is 0 Å². The van der Waals surface area contributed by atoms with Gasteiger partial charge in [0.25, 0.3) is 0 Å². The number of rotatable bonds is 1. The summed E-state index contributed by atoms with van der Waals surface area (Å²) < 4.78 is 21.6. The first-order chi connectivity index (χ1) is 4.35. The minimum absolute atomic E-state index is 0.470. The molecule has 4 heteroatoms. The summed E-state index contributed by atoms with van der Waals surface area (Å²) in [4.78, 5) is 2.00. The lowest BCUT2D eigenvalue weighted by molar-refractivity contribution is 0.168. The molecule has 0 radical (unpaired) electrons. The van der Waals surface area contributed by atoms with E-state index < -0.39 is 14.6 Å². The van der Waals surface area contributed by atoms with Crippen LogP contribution in [-0.2, 0) is 9.84 Å². The minimum atomic E-state index is -2.84. The van der Waals surface area contributed by atoms with E-state index in [1.165, 1.54) is 6.26 Å². The smallest absolute Gasteiger partial charge is 0.155 e. The Morgan fingerprint density at radius 2 is 1.80 bits per heavy atom. The maximum Gasteiger partial charge on any atom is 0.155 e. The number of likely N-dealkylation sites (tertiary alicyclic amines) is 1. The lowest BCUT2D eigenvalue weighted by Gasteiger charge is -2.44. The molecular weight excluding hydrogens is 150 g/mol. The average Bonchev–Trinajstić information content (AvgIpc) is 1.58. The molecule has 0 bridgehead atoms. The number of hydrogen-bond acceptors (Lipinski definition) is 3. The molecule has 0 aliphatic carbocycles. The zero-order valence-electron chi connectivity index (χ0n) is 6.59. The molecule has 0 spiro atoms. The third-order valence-electron chi connectivity index (χ3n) is 2.10. The van der Waals surface area contributed by atoms with Crippen LogP contribution in [0.2, 0.25) is 0 Å². The fourth-order valence-corrected chi connectivity index (χ4v) is 2.24. The van der Waals surface area contributed by atoms with Gasteiger partial charge >= 0.3 is 0 Å². The Morgan fingerprint density at radius 3 is 1.90 bits per heavy atom. The topological polar surface area (TPSA) is 37.4 Å². The van der Waals surface area contributed by atoms with Crippen LogP contribution < -0.4 is 0 Å². The molecule has 0 unspecified atom stereocenters. The highest BCUT2D eigenvalue weighted by molar-refractivity contribution is 7.92. The van der Waals surface area contributed by atoms with E-state index in [0.29, 0.717) is 13.1 Å². The van der Waals surface area contributed by atoms with E-state index in [1.807, 2.05) is 11.9 Å². The lowest BCUT2D eigenvalue weighted by Crippen LogP contribution is -2.61. The highest BCUT2D eigenvalue weighted by atomic mass is 32.2. The van der Waals surface area contributed by atoms with E-state index in [2.05, 4.69) is 0 Å². The summed E-state index contributed by atoms with van der Waals surface area (Å²) in [5, 5.41) is 0. The van der Waals surface area contributed by atoms with Crippen molar-refractivity contribution in [2.75, 3.05) is 26.4 Å². The summed E-state index contributed by atoms with van der Waals surface area (Å²) in [6.45, 7) is 3.14. The Hall–Kier alpha value is -0.0900. The maximum atomic E-state index is 11.1. The van der Waals surface area contributed by atoms with Crippen LogP contribution in [0.1, 0.15) is 6.92 Å². The van der Waals surface area contributed by atoms with Crippen molar-refractivity contribution in [2.45, 2.75) is 11.7 Å². The summed E-state index contributed by atoms with van der Waals surface area (Å²) in [5.41, 5.74) is 0. The monoisotopic (exact) mass is 163 g/mol. The Morgan fingerprint density at radius 1 is 1.40 bits per heavy atom. The van der Waals surface area contributed by atoms with Crippen molar-refractivity contribution in [1.29, 1.82) is 0 Å².